The minimum Gasteiger partial charge on any atom is -0.466 e. The van der Waals surface area contributed by atoms with E-state index in [4.69, 9.17) is 20.8 Å². The Bertz CT molecular complexity index is 814. The maximum atomic E-state index is 11.9. The fraction of sp³-hybridized carbons (Fsp3) is 0.200. The Kier molecular flexibility index (Phi) is 5.20. The van der Waals surface area contributed by atoms with Gasteiger partial charge in [0.2, 0.25) is 0 Å². The molecule has 0 radical (unpaired) electrons. The molecule has 0 unspecified atom stereocenters. The lowest BCUT2D eigenvalue weighted by Crippen LogP contribution is -2.21. The summed E-state index contributed by atoms with van der Waals surface area (Å²) >= 11 is 5.87. The number of non-ortho nitro benzene ring substituents is 1. The van der Waals surface area contributed by atoms with Crippen molar-refractivity contribution in [3.8, 4) is 0 Å². The molecule has 0 spiro atoms. The molecule has 126 valence electrons. The monoisotopic (exact) mass is 352 g/mol. The average Bonchev–Trinajstić information content (AvgIpc) is 2.85. The predicted molar refractivity (Wildman–Crippen MR) is 85.2 cm³/mol. The Balaban J connectivity index is 1.99. The fourth-order valence-electron chi connectivity index (χ4n) is 1.95. The van der Waals surface area contributed by atoms with E-state index in [0.29, 0.717) is 11.5 Å². The number of halogens is 1. The van der Waals surface area contributed by atoms with Gasteiger partial charge in [0.15, 0.2) is 6.61 Å². The molecule has 24 heavy (non-hydrogen) atoms. The first-order valence-electron chi connectivity index (χ1n) is 6.76. The number of esters is 1. The second-order valence-corrected chi connectivity index (χ2v) is 5.28. The number of carbonyl (C=O) groups excluding carboxylic acids is 2. The molecule has 0 aliphatic carbocycles. The molecule has 9 heteroatoms. The number of nitrogens with zero attached hydrogens (tertiary/aromatic N) is 1. The molecule has 0 fully saturated rings. The van der Waals surface area contributed by atoms with Crippen LogP contribution < -0.4 is 5.32 Å². The Morgan fingerprint density at radius 1 is 1.33 bits per heavy atom. The van der Waals surface area contributed by atoms with Crippen LogP contribution in [0.1, 0.15) is 21.9 Å². The zero-order valence-electron chi connectivity index (χ0n) is 12.8. The number of amides is 1. The SMILES string of the molecule is Cc1cc(C(=O)OCC(=O)Nc2cc([N+](=O)[O-])ccc2Cl)c(C)o1. The molecule has 8 nitrogen and oxygen atoms in total. The van der Waals surface area contributed by atoms with Gasteiger partial charge in [0.25, 0.3) is 11.6 Å². The molecule has 1 amide bonds. The van der Waals surface area contributed by atoms with Gasteiger partial charge in [-0.3, -0.25) is 14.9 Å². The summed E-state index contributed by atoms with van der Waals surface area (Å²) in [4.78, 5) is 33.8. The Labute approximate surface area is 141 Å². The molecular weight excluding hydrogens is 340 g/mol. The van der Waals surface area contributed by atoms with Crippen molar-refractivity contribution in [2.75, 3.05) is 11.9 Å². The van der Waals surface area contributed by atoms with Gasteiger partial charge in [0.1, 0.15) is 17.1 Å². The molecule has 0 saturated carbocycles. The van der Waals surface area contributed by atoms with Crippen molar-refractivity contribution in [3.05, 3.63) is 56.5 Å². The minimum atomic E-state index is -0.704. The highest BCUT2D eigenvalue weighted by molar-refractivity contribution is 6.33. The molecule has 2 rings (SSSR count). The zero-order chi connectivity index (χ0) is 17.9. The summed E-state index contributed by atoms with van der Waals surface area (Å²) in [5.74, 6) is -0.444. The standard InChI is InChI=1S/C15H13ClN2O6/c1-8-5-11(9(2)24-8)15(20)23-7-14(19)17-13-6-10(18(21)22)3-4-12(13)16/h3-6H,7H2,1-2H3,(H,17,19). The molecule has 2 aromatic rings. The molecule has 0 aliphatic rings. The summed E-state index contributed by atoms with van der Waals surface area (Å²) in [6, 6.07) is 5.12. The third-order valence-electron chi connectivity index (χ3n) is 3.03. The van der Waals surface area contributed by atoms with Crippen molar-refractivity contribution in [1.29, 1.82) is 0 Å². The van der Waals surface area contributed by atoms with Crippen molar-refractivity contribution in [2.24, 2.45) is 0 Å². The summed E-state index contributed by atoms with van der Waals surface area (Å²) in [6.07, 6.45) is 0. The summed E-state index contributed by atoms with van der Waals surface area (Å²) in [5, 5.41) is 13.2. The van der Waals surface area contributed by atoms with E-state index in [1.165, 1.54) is 18.2 Å². The molecule has 1 aromatic heterocycles. The van der Waals surface area contributed by atoms with Crippen molar-refractivity contribution >= 4 is 34.9 Å². The number of furan rings is 1. The van der Waals surface area contributed by atoms with Gasteiger partial charge < -0.3 is 14.5 Å². The van der Waals surface area contributed by atoms with E-state index in [1.807, 2.05) is 0 Å². The van der Waals surface area contributed by atoms with Crippen molar-refractivity contribution in [2.45, 2.75) is 13.8 Å². The summed E-state index contributed by atoms with van der Waals surface area (Å²) < 4.78 is 10.1. The molecule has 1 heterocycles. The van der Waals surface area contributed by atoms with Crippen LogP contribution in [-0.4, -0.2) is 23.4 Å². The van der Waals surface area contributed by atoms with Crippen LogP contribution in [0.25, 0.3) is 0 Å². The van der Waals surface area contributed by atoms with Crippen LogP contribution in [-0.2, 0) is 9.53 Å². The van der Waals surface area contributed by atoms with Gasteiger partial charge >= 0.3 is 5.97 Å². The maximum absolute atomic E-state index is 11.9. The normalized spacial score (nSPS) is 10.3. The van der Waals surface area contributed by atoms with Crippen LogP contribution in [0.4, 0.5) is 11.4 Å². The van der Waals surface area contributed by atoms with Crippen LogP contribution >= 0.6 is 11.6 Å². The molecule has 0 saturated heterocycles. The number of hydrogen-bond acceptors (Lipinski definition) is 6. The van der Waals surface area contributed by atoms with Crippen LogP contribution in [0.3, 0.4) is 0 Å². The van der Waals surface area contributed by atoms with Crippen molar-refractivity contribution in [1.82, 2.24) is 0 Å². The van der Waals surface area contributed by atoms with Crippen LogP contribution in [0.5, 0.6) is 0 Å². The van der Waals surface area contributed by atoms with Gasteiger partial charge in [0, 0.05) is 12.1 Å². The highest BCUT2D eigenvalue weighted by Crippen LogP contribution is 2.26. The lowest BCUT2D eigenvalue weighted by molar-refractivity contribution is -0.384. The largest absolute Gasteiger partial charge is 0.466 e. The molecule has 0 aliphatic heterocycles. The maximum Gasteiger partial charge on any atom is 0.342 e. The van der Waals surface area contributed by atoms with Gasteiger partial charge in [-0.15, -0.1) is 0 Å². The summed E-state index contributed by atoms with van der Waals surface area (Å²) in [7, 11) is 0. The van der Waals surface area contributed by atoms with E-state index in [-0.39, 0.29) is 22.0 Å². The Hall–Kier alpha value is -2.87. The number of benzene rings is 1. The second kappa shape index (κ2) is 7.14. The first-order valence-corrected chi connectivity index (χ1v) is 7.13. The lowest BCUT2D eigenvalue weighted by Gasteiger charge is -2.07. The van der Waals surface area contributed by atoms with E-state index in [0.717, 1.165) is 6.07 Å². The highest BCUT2D eigenvalue weighted by atomic mass is 35.5. The first-order chi connectivity index (χ1) is 11.3. The molecule has 1 aromatic carbocycles. The van der Waals surface area contributed by atoms with Gasteiger partial charge in [0.05, 0.1) is 15.6 Å². The first kappa shape index (κ1) is 17.5. The third-order valence-corrected chi connectivity index (χ3v) is 3.36. The number of rotatable bonds is 5. The van der Waals surface area contributed by atoms with E-state index in [2.05, 4.69) is 5.32 Å². The van der Waals surface area contributed by atoms with Crippen LogP contribution in [0.2, 0.25) is 5.02 Å². The van der Waals surface area contributed by atoms with Crippen molar-refractivity contribution < 1.29 is 23.7 Å². The van der Waals surface area contributed by atoms with Gasteiger partial charge in [-0.05, 0) is 26.0 Å². The van der Waals surface area contributed by atoms with Crippen LogP contribution in [0, 0.1) is 24.0 Å². The zero-order valence-corrected chi connectivity index (χ0v) is 13.5. The van der Waals surface area contributed by atoms with Gasteiger partial charge in [-0.25, -0.2) is 4.79 Å². The van der Waals surface area contributed by atoms with E-state index >= 15 is 0 Å². The predicted octanol–water partition coefficient (Wildman–Crippen LogP) is 3.25. The number of nitrogens with one attached hydrogen (secondary N) is 1. The average molecular weight is 353 g/mol. The van der Waals surface area contributed by atoms with E-state index in [1.54, 1.807) is 13.8 Å². The lowest BCUT2D eigenvalue weighted by atomic mass is 10.2. The number of aryl methyl sites for hydroxylation is 2. The van der Waals surface area contributed by atoms with Gasteiger partial charge in [-0.1, -0.05) is 11.6 Å². The topological polar surface area (TPSA) is 112 Å². The smallest absolute Gasteiger partial charge is 0.342 e. The number of anilines is 1. The van der Waals surface area contributed by atoms with E-state index in [9.17, 15) is 19.7 Å². The van der Waals surface area contributed by atoms with Crippen LogP contribution in [0.15, 0.2) is 28.7 Å². The summed E-state index contributed by atoms with van der Waals surface area (Å²) in [5.41, 5.74) is 0.0622. The third kappa shape index (κ3) is 4.11. The van der Waals surface area contributed by atoms with E-state index < -0.39 is 23.4 Å². The highest BCUT2D eigenvalue weighted by Gasteiger charge is 2.17. The fourth-order valence-corrected chi connectivity index (χ4v) is 2.12. The number of hydrogen-bond donors (Lipinski definition) is 1. The van der Waals surface area contributed by atoms with Crippen molar-refractivity contribution in [3.63, 3.8) is 0 Å². The molecule has 1 N–H and O–H groups in total. The summed E-state index contributed by atoms with van der Waals surface area (Å²) in [6.45, 7) is 2.72. The Morgan fingerprint density at radius 3 is 2.62 bits per heavy atom. The molecule has 0 bridgehead atoms. The van der Waals surface area contributed by atoms with Gasteiger partial charge in [-0.2, -0.15) is 0 Å². The minimum absolute atomic E-state index is 0.0576. The number of ether oxygens (including phenoxy) is 1. The molecule has 0 atom stereocenters. The second-order valence-electron chi connectivity index (χ2n) is 4.87. The quantitative estimate of drug-likeness (QED) is 0.502. The molecular formula is C15H13ClN2O6. The Morgan fingerprint density at radius 2 is 2.04 bits per heavy atom. The number of carbonyl (C=O) groups is 2. The number of nitro benzene ring substituents is 1. The number of nitro groups is 1.